The third kappa shape index (κ3) is 6.87. The third-order valence-electron chi connectivity index (χ3n) is 7.38. The first kappa shape index (κ1) is 29.2. The van der Waals surface area contributed by atoms with Crippen molar-refractivity contribution < 1.29 is 19.1 Å². The summed E-state index contributed by atoms with van der Waals surface area (Å²) in [5.74, 6) is -0.973. The van der Waals surface area contributed by atoms with Crippen LogP contribution in [0, 0.1) is 0 Å². The molecule has 0 bridgehead atoms. The molecule has 3 heterocycles. The number of nitrogens with two attached hydrogens (primary N) is 2. The maximum absolute atomic E-state index is 13.1. The van der Waals surface area contributed by atoms with Gasteiger partial charge >= 0.3 is 12.0 Å². The van der Waals surface area contributed by atoms with Gasteiger partial charge in [0.1, 0.15) is 6.04 Å². The molecule has 4 rings (SSSR count). The Kier molecular flexibility index (Phi) is 8.92. The fourth-order valence-electron chi connectivity index (χ4n) is 5.05. The number of ether oxygens (including phenoxy) is 1. The summed E-state index contributed by atoms with van der Waals surface area (Å²) in [6.07, 6.45) is 3.60. The minimum absolute atomic E-state index is 0.0392. The number of piperidine rings is 1. The standard InChI is InChI=1S/C28H39N7O5/c1-28(2,30)26(38)33-14-15-35(23(18-33)25(37)40-3)27(39)31-21-10-13-34(24(36)16-21)22-6-4-19(5-7-22)17-32-11-8-20(29)9-12-32/h4-7,10,13,16,20,23H,8-9,11-12,14-15,17-18,29-30H2,1-3H3,(H,31,39). The molecule has 0 radical (unpaired) electrons. The third-order valence-corrected chi connectivity index (χ3v) is 7.38. The second kappa shape index (κ2) is 12.2. The lowest BCUT2D eigenvalue weighted by molar-refractivity contribution is -0.150. The van der Waals surface area contributed by atoms with Gasteiger partial charge in [0.15, 0.2) is 0 Å². The first-order chi connectivity index (χ1) is 19.0. The highest BCUT2D eigenvalue weighted by Crippen LogP contribution is 2.18. The van der Waals surface area contributed by atoms with E-state index in [1.807, 2.05) is 24.3 Å². The van der Waals surface area contributed by atoms with Gasteiger partial charge in [0.2, 0.25) is 5.91 Å². The van der Waals surface area contributed by atoms with E-state index in [9.17, 15) is 19.2 Å². The molecule has 3 amide bonds. The topological polar surface area (TPSA) is 156 Å². The van der Waals surface area contributed by atoms with Crippen LogP contribution >= 0.6 is 0 Å². The van der Waals surface area contributed by atoms with Crippen LogP contribution in [0.3, 0.4) is 0 Å². The maximum Gasteiger partial charge on any atom is 0.330 e. The van der Waals surface area contributed by atoms with Crippen molar-refractivity contribution in [2.75, 3.05) is 45.2 Å². The van der Waals surface area contributed by atoms with Crippen molar-refractivity contribution >= 4 is 23.6 Å². The number of benzene rings is 1. The molecule has 0 spiro atoms. The summed E-state index contributed by atoms with van der Waals surface area (Å²) >= 11 is 0. The molecule has 1 atom stereocenters. The quantitative estimate of drug-likeness (QED) is 0.442. The molecule has 2 aromatic rings. The number of hydrogen-bond donors (Lipinski definition) is 3. The highest BCUT2D eigenvalue weighted by molar-refractivity contribution is 5.93. The Morgan fingerprint density at radius 1 is 1.05 bits per heavy atom. The molecule has 1 aromatic heterocycles. The van der Waals surface area contributed by atoms with Gasteiger partial charge in [-0.3, -0.25) is 19.1 Å². The van der Waals surface area contributed by atoms with Crippen molar-refractivity contribution in [3.8, 4) is 5.69 Å². The number of aromatic nitrogens is 1. The first-order valence-electron chi connectivity index (χ1n) is 13.5. The highest BCUT2D eigenvalue weighted by atomic mass is 16.5. The summed E-state index contributed by atoms with van der Waals surface area (Å²) in [6, 6.07) is 9.47. The Labute approximate surface area is 233 Å². The van der Waals surface area contributed by atoms with Gasteiger partial charge in [-0.15, -0.1) is 0 Å². The van der Waals surface area contributed by atoms with Gasteiger partial charge < -0.3 is 31.3 Å². The van der Waals surface area contributed by atoms with Crippen LogP contribution in [0.5, 0.6) is 0 Å². The number of piperazine rings is 1. The summed E-state index contributed by atoms with van der Waals surface area (Å²) in [6.45, 7) is 6.25. The van der Waals surface area contributed by atoms with Crippen molar-refractivity contribution in [3.05, 3.63) is 58.5 Å². The van der Waals surface area contributed by atoms with Gasteiger partial charge in [-0.2, -0.15) is 0 Å². The lowest BCUT2D eigenvalue weighted by Gasteiger charge is -2.41. The predicted molar refractivity (Wildman–Crippen MR) is 151 cm³/mol. The van der Waals surface area contributed by atoms with Gasteiger partial charge in [0.05, 0.1) is 19.2 Å². The number of carbonyl (C=O) groups is 3. The fraction of sp³-hybridized carbons (Fsp3) is 0.500. The zero-order valence-corrected chi connectivity index (χ0v) is 23.3. The smallest absolute Gasteiger partial charge is 0.330 e. The van der Waals surface area contributed by atoms with Gasteiger partial charge in [0, 0.05) is 49.3 Å². The number of anilines is 1. The van der Waals surface area contributed by atoms with Gasteiger partial charge in [-0.1, -0.05) is 12.1 Å². The number of pyridine rings is 1. The van der Waals surface area contributed by atoms with Crippen LogP contribution in [0.25, 0.3) is 5.69 Å². The molecule has 216 valence electrons. The van der Waals surface area contributed by atoms with Crippen LogP contribution < -0.4 is 22.3 Å². The van der Waals surface area contributed by atoms with Crippen molar-refractivity contribution in [1.29, 1.82) is 0 Å². The van der Waals surface area contributed by atoms with Gasteiger partial charge in [0.25, 0.3) is 5.56 Å². The number of carbonyl (C=O) groups excluding carboxylic acids is 3. The van der Waals surface area contributed by atoms with Crippen LogP contribution in [-0.4, -0.2) is 94.6 Å². The molecule has 1 aromatic carbocycles. The van der Waals surface area contributed by atoms with E-state index in [2.05, 4.69) is 10.2 Å². The molecule has 40 heavy (non-hydrogen) atoms. The number of rotatable bonds is 6. The number of nitrogens with one attached hydrogen (secondary N) is 1. The summed E-state index contributed by atoms with van der Waals surface area (Å²) in [5, 5.41) is 2.70. The van der Waals surface area contributed by atoms with E-state index in [1.165, 1.54) is 27.5 Å². The summed E-state index contributed by atoms with van der Waals surface area (Å²) in [4.78, 5) is 56.3. The number of hydrogen-bond acceptors (Lipinski definition) is 8. The van der Waals surface area contributed by atoms with Crippen molar-refractivity contribution in [1.82, 2.24) is 19.3 Å². The number of likely N-dealkylation sites (tertiary alicyclic amines) is 1. The van der Waals surface area contributed by atoms with Gasteiger partial charge in [-0.25, -0.2) is 9.59 Å². The van der Waals surface area contributed by atoms with E-state index in [0.717, 1.165) is 38.0 Å². The van der Waals surface area contributed by atoms with E-state index < -0.39 is 23.6 Å². The number of esters is 1. The summed E-state index contributed by atoms with van der Waals surface area (Å²) in [5.41, 5.74) is 12.7. The molecular formula is C28H39N7O5. The van der Waals surface area contributed by atoms with Crippen LogP contribution in [-0.2, 0) is 20.9 Å². The molecule has 2 saturated heterocycles. The first-order valence-corrected chi connectivity index (χ1v) is 13.5. The average Bonchev–Trinajstić information content (AvgIpc) is 2.93. The van der Waals surface area contributed by atoms with E-state index in [0.29, 0.717) is 5.69 Å². The predicted octanol–water partition coefficient (Wildman–Crippen LogP) is 0.716. The largest absolute Gasteiger partial charge is 0.467 e. The number of nitrogens with zero attached hydrogens (tertiary/aromatic N) is 4. The molecule has 5 N–H and O–H groups in total. The SMILES string of the molecule is COC(=O)C1CN(C(=O)C(C)(C)N)CCN1C(=O)Nc1ccn(-c2ccc(CN3CCC(N)CC3)cc2)c(=O)c1. The monoisotopic (exact) mass is 553 g/mol. The van der Waals surface area contributed by atoms with E-state index in [-0.39, 0.29) is 42.8 Å². The number of urea groups is 1. The lowest BCUT2D eigenvalue weighted by atomic mass is 10.0. The molecular weight excluding hydrogens is 514 g/mol. The molecule has 12 heteroatoms. The molecule has 0 aliphatic carbocycles. The fourth-order valence-corrected chi connectivity index (χ4v) is 5.05. The van der Waals surface area contributed by atoms with Crippen LogP contribution in [0.1, 0.15) is 32.3 Å². The normalized spacial score (nSPS) is 18.9. The highest BCUT2D eigenvalue weighted by Gasteiger charge is 2.40. The lowest BCUT2D eigenvalue weighted by Crippen LogP contribution is -2.63. The Balaban J connectivity index is 1.41. The van der Waals surface area contributed by atoms with Crippen LogP contribution in [0.2, 0.25) is 0 Å². The maximum atomic E-state index is 13.1. The summed E-state index contributed by atoms with van der Waals surface area (Å²) < 4.78 is 6.38. The molecule has 2 aliphatic rings. The summed E-state index contributed by atoms with van der Waals surface area (Å²) in [7, 11) is 1.22. The minimum Gasteiger partial charge on any atom is -0.467 e. The molecule has 1 unspecified atom stereocenters. The zero-order valence-electron chi connectivity index (χ0n) is 23.3. The Morgan fingerprint density at radius 2 is 1.73 bits per heavy atom. The average molecular weight is 554 g/mol. The van der Waals surface area contributed by atoms with Crippen LogP contribution in [0.15, 0.2) is 47.4 Å². The molecule has 2 fully saturated rings. The second-order valence-corrected chi connectivity index (χ2v) is 11.0. The van der Waals surface area contributed by atoms with Crippen molar-refractivity contribution in [2.45, 2.75) is 50.9 Å². The Bertz CT molecular complexity index is 1280. The van der Waals surface area contributed by atoms with Crippen molar-refractivity contribution in [3.63, 3.8) is 0 Å². The molecule has 0 saturated carbocycles. The van der Waals surface area contributed by atoms with Gasteiger partial charge in [-0.05, 0) is 63.5 Å². The minimum atomic E-state index is -1.11. The van der Waals surface area contributed by atoms with Crippen molar-refractivity contribution in [2.24, 2.45) is 11.5 Å². The Morgan fingerprint density at radius 3 is 2.33 bits per heavy atom. The molecule has 2 aliphatic heterocycles. The molecule has 12 nitrogen and oxygen atoms in total. The van der Waals surface area contributed by atoms with E-state index in [1.54, 1.807) is 26.1 Å². The van der Waals surface area contributed by atoms with E-state index in [4.69, 9.17) is 16.2 Å². The number of methoxy groups -OCH3 is 1. The van der Waals surface area contributed by atoms with Crippen LogP contribution in [0.4, 0.5) is 10.5 Å². The zero-order chi connectivity index (χ0) is 29.0. The van der Waals surface area contributed by atoms with E-state index >= 15 is 0 Å². The Hall–Kier alpha value is -3.74. The second-order valence-electron chi connectivity index (χ2n) is 11.0. The number of amides is 3.